The highest BCUT2D eigenvalue weighted by atomic mass is 16.6. The lowest BCUT2D eigenvalue weighted by atomic mass is 10.1. The average molecular weight is 206 g/mol. The highest BCUT2D eigenvalue weighted by molar-refractivity contribution is 6.52. The fraction of sp³-hybridized carbons (Fsp3) is 0.111. The normalized spacial score (nSPS) is 13.7. The molecule has 0 unspecified atom stereocenters. The van der Waals surface area contributed by atoms with Gasteiger partial charge in [-0.05, 0) is 12.5 Å². The Balaban J connectivity index is 2.76. The van der Waals surface area contributed by atoms with Crippen molar-refractivity contribution in [3.05, 3.63) is 33.4 Å². The van der Waals surface area contributed by atoms with Gasteiger partial charge in [-0.3, -0.25) is 19.7 Å². The van der Waals surface area contributed by atoms with Crippen LogP contribution in [0.4, 0.5) is 11.4 Å². The zero-order valence-electron chi connectivity index (χ0n) is 7.73. The minimum atomic E-state index is -0.847. The van der Waals surface area contributed by atoms with Crippen LogP contribution < -0.4 is 5.32 Å². The molecule has 1 amide bonds. The van der Waals surface area contributed by atoms with Crippen molar-refractivity contribution in [1.82, 2.24) is 0 Å². The van der Waals surface area contributed by atoms with Gasteiger partial charge in [0.05, 0.1) is 10.6 Å². The third-order valence-corrected chi connectivity index (χ3v) is 2.26. The lowest BCUT2D eigenvalue weighted by molar-refractivity contribution is -0.385. The lowest BCUT2D eigenvalue weighted by Crippen LogP contribution is -2.13. The standard InChI is InChI=1S/C9H6N2O4/c1-4-2-3-5(11(14)15)6-7(4)10-9(13)8(6)12/h2-3H,1H3,(H,10,12,13). The zero-order valence-corrected chi connectivity index (χ0v) is 7.73. The molecule has 2 rings (SSSR count). The molecule has 0 spiro atoms. The Labute approximate surface area is 84.0 Å². The number of carbonyl (C=O) groups is 2. The molecule has 0 bridgehead atoms. The first-order chi connectivity index (χ1) is 7.02. The van der Waals surface area contributed by atoms with E-state index in [9.17, 15) is 19.7 Å². The van der Waals surface area contributed by atoms with E-state index in [0.717, 1.165) is 0 Å². The second-order valence-electron chi connectivity index (χ2n) is 3.19. The van der Waals surface area contributed by atoms with Gasteiger partial charge in [-0.1, -0.05) is 6.07 Å². The number of anilines is 1. The third-order valence-electron chi connectivity index (χ3n) is 2.26. The highest BCUT2D eigenvalue weighted by Crippen LogP contribution is 2.33. The molecule has 1 N–H and O–H groups in total. The van der Waals surface area contributed by atoms with Gasteiger partial charge in [0.2, 0.25) is 0 Å². The summed E-state index contributed by atoms with van der Waals surface area (Å²) in [6, 6.07) is 2.72. The molecule has 6 nitrogen and oxygen atoms in total. The van der Waals surface area contributed by atoms with Gasteiger partial charge in [-0.15, -0.1) is 0 Å². The van der Waals surface area contributed by atoms with Gasteiger partial charge in [-0.25, -0.2) is 0 Å². The molecule has 1 aromatic carbocycles. The number of hydrogen-bond acceptors (Lipinski definition) is 4. The summed E-state index contributed by atoms with van der Waals surface area (Å²) in [5.74, 6) is -1.66. The second-order valence-corrected chi connectivity index (χ2v) is 3.19. The van der Waals surface area contributed by atoms with Crippen LogP contribution in [-0.2, 0) is 4.79 Å². The lowest BCUT2D eigenvalue weighted by Gasteiger charge is -2.01. The molecule has 0 saturated heterocycles. The summed E-state index contributed by atoms with van der Waals surface area (Å²) in [6.07, 6.45) is 0. The molecule has 1 aliphatic rings. The van der Waals surface area contributed by atoms with Crippen LogP contribution in [0.5, 0.6) is 0 Å². The molecule has 1 aromatic rings. The predicted molar refractivity (Wildman–Crippen MR) is 50.8 cm³/mol. The van der Waals surface area contributed by atoms with Gasteiger partial charge in [0.15, 0.2) is 0 Å². The van der Waals surface area contributed by atoms with E-state index in [1.807, 2.05) is 0 Å². The Morgan fingerprint density at radius 2 is 2.00 bits per heavy atom. The van der Waals surface area contributed by atoms with Crippen LogP contribution in [0.15, 0.2) is 12.1 Å². The quantitative estimate of drug-likeness (QED) is 0.422. The molecular formula is C9H6N2O4. The number of nitrogens with zero attached hydrogens (tertiary/aromatic N) is 1. The molecule has 0 fully saturated rings. The van der Waals surface area contributed by atoms with E-state index in [0.29, 0.717) is 5.56 Å². The van der Waals surface area contributed by atoms with E-state index >= 15 is 0 Å². The number of nitrogens with one attached hydrogen (secondary N) is 1. The molecule has 0 aromatic heterocycles. The summed E-state index contributed by atoms with van der Waals surface area (Å²) >= 11 is 0. The van der Waals surface area contributed by atoms with Gasteiger partial charge in [0, 0.05) is 6.07 Å². The van der Waals surface area contributed by atoms with Crippen LogP contribution in [0.3, 0.4) is 0 Å². The number of hydrogen-bond donors (Lipinski definition) is 1. The molecule has 6 heteroatoms. The average Bonchev–Trinajstić information content (AvgIpc) is 2.46. The topological polar surface area (TPSA) is 89.3 Å². The number of carbonyl (C=O) groups excluding carboxylic acids is 2. The summed E-state index contributed by atoms with van der Waals surface area (Å²) in [6.45, 7) is 1.67. The minimum absolute atomic E-state index is 0.134. The summed E-state index contributed by atoms with van der Waals surface area (Å²) in [7, 11) is 0. The number of Topliss-reactive ketones (excluding diaryl/α,β-unsaturated/α-hetero) is 1. The smallest absolute Gasteiger partial charge is 0.297 e. The van der Waals surface area contributed by atoms with Crippen molar-refractivity contribution in [3.63, 3.8) is 0 Å². The van der Waals surface area contributed by atoms with Crippen molar-refractivity contribution in [3.8, 4) is 0 Å². The van der Waals surface area contributed by atoms with E-state index in [1.165, 1.54) is 12.1 Å². The molecule has 1 aliphatic heterocycles. The maximum Gasteiger partial charge on any atom is 0.297 e. The first-order valence-electron chi connectivity index (χ1n) is 4.16. The van der Waals surface area contributed by atoms with Crippen molar-refractivity contribution in [2.24, 2.45) is 0 Å². The van der Waals surface area contributed by atoms with Crippen LogP contribution in [0.1, 0.15) is 15.9 Å². The fourth-order valence-corrected chi connectivity index (χ4v) is 1.52. The minimum Gasteiger partial charge on any atom is -0.318 e. The summed E-state index contributed by atoms with van der Waals surface area (Å²) in [5, 5.41) is 13.0. The Hall–Kier alpha value is -2.24. The number of ketones is 1. The van der Waals surface area contributed by atoms with Crippen molar-refractivity contribution in [1.29, 1.82) is 0 Å². The van der Waals surface area contributed by atoms with Gasteiger partial charge >= 0.3 is 0 Å². The molecule has 0 aliphatic carbocycles. The van der Waals surface area contributed by atoms with Crippen LogP contribution in [-0.4, -0.2) is 16.6 Å². The van der Waals surface area contributed by atoms with Gasteiger partial charge < -0.3 is 5.32 Å². The Kier molecular flexibility index (Phi) is 1.79. The second kappa shape index (κ2) is 2.88. The van der Waals surface area contributed by atoms with E-state index < -0.39 is 16.6 Å². The number of nitro benzene ring substituents is 1. The van der Waals surface area contributed by atoms with Gasteiger partial charge in [0.1, 0.15) is 5.56 Å². The van der Waals surface area contributed by atoms with Crippen LogP contribution in [0, 0.1) is 17.0 Å². The molecule has 0 atom stereocenters. The summed E-state index contributed by atoms with van der Waals surface area (Å²) in [4.78, 5) is 32.4. The van der Waals surface area contributed by atoms with Gasteiger partial charge in [0.25, 0.3) is 17.4 Å². The summed E-state index contributed by atoms with van der Waals surface area (Å²) in [5.41, 5.74) is 0.415. The van der Waals surface area contributed by atoms with E-state index in [4.69, 9.17) is 0 Å². The summed E-state index contributed by atoms with van der Waals surface area (Å²) < 4.78 is 0. The highest BCUT2D eigenvalue weighted by Gasteiger charge is 2.36. The Morgan fingerprint density at radius 1 is 1.33 bits per heavy atom. The third kappa shape index (κ3) is 1.18. The van der Waals surface area contributed by atoms with Gasteiger partial charge in [-0.2, -0.15) is 0 Å². The Morgan fingerprint density at radius 3 is 2.60 bits per heavy atom. The largest absolute Gasteiger partial charge is 0.318 e. The Bertz CT molecular complexity index is 507. The van der Waals surface area contributed by atoms with Crippen molar-refractivity contribution < 1.29 is 14.5 Å². The maximum absolute atomic E-state index is 11.4. The van der Waals surface area contributed by atoms with Crippen molar-refractivity contribution in [2.45, 2.75) is 6.92 Å². The first-order valence-corrected chi connectivity index (χ1v) is 4.16. The molecule has 15 heavy (non-hydrogen) atoms. The van der Waals surface area contributed by atoms with E-state index in [1.54, 1.807) is 6.92 Å². The number of benzene rings is 1. The fourth-order valence-electron chi connectivity index (χ4n) is 1.52. The molecular weight excluding hydrogens is 200 g/mol. The molecule has 0 radical (unpaired) electrons. The number of fused-ring (bicyclic) bond motifs is 1. The number of aryl methyl sites for hydroxylation is 1. The first kappa shape index (κ1) is 9.32. The number of nitro groups is 1. The number of amides is 1. The monoisotopic (exact) mass is 206 g/mol. The van der Waals surface area contributed by atoms with E-state index in [-0.39, 0.29) is 16.9 Å². The maximum atomic E-state index is 11.4. The zero-order chi connectivity index (χ0) is 11.2. The van der Waals surface area contributed by atoms with Crippen molar-refractivity contribution >= 4 is 23.1 Å². The number of rotatable bonds is 1. The van der Waals surface area contributed by atoms with Crippen LogP contribution in [0.25, 0.3) is 0 Å². The molecule has 76 valence electrons. The predicted octanol–water partition coefficient (Wildman–Crippen LogP) is 1.04. The molecule has 1 heterocycles. The van der Waals surface area contributed by atoms with Crippen LogP contribution >= 0.6 is 0 Å². The van der Waals surface area contributed by atoms with E-state index in [2.05, 4.69) is 5.32 Å². The molecule has 0 saturated carbocycles. The van der Waals surface area contributed by atoms with Crippen molar-refractivity contribution in [2.75, 3.05) is 5.32 Å². The van der Waals surface area contributed by atoms with Crippen LogP contribution in [0.2, 0.25) is 0 Å². The SMILES string of the molecule is Cc1ccc([N+](=O)[O-])c2c1NC(=O)C2=O.